The molecule has 0 fully saturated rings. The summed E-state index contributed by atoms with van der Waals surface area (Å²) in [6.45, 7) is 0. The van der Waals surface area contributed by atoms with Gasteiger partial charge in [0.2, 0.25) is 0 Å². The van der Waals surface area contributed by atoms with Crippen LogP contribution in [0.25, 0.3) is 33.3 Å². The molecule has 6 nitrogen and oxygen atoms in total. The minimum atomic E-state index is -3.34. The summed E-state index contributed by atoms with van der Waals surface area (Å²) in [7, 11) is -1.78. The van der Waals surface area contributed by atoms with Crippen molar-refractivity contribution < 1.29 is 13.2 Å². The molecule has 25 heavy (non-hydrogen) atoms. The highest BCUT2D eigenvalue weighted by atomic mass is 32.2. The summed E-state index contributed by atoms with van der Waals surface area (Å²) in [5, 5.41) is 1.34. The van der Waals surface area contributed by atoms with E-state index in [1.54, 1.807) is 31.5 Å². The number of hydrogen-bond donors (Lipinski definition) is 1. The second-order valence-corrected chi connectivity index (χ2v) is 7.71. The molecule has 0 amide bonds. The Morgan fingerprint density at radius 1 is 1.04 bits per heavy atom. The summed E-state index contributed by atoms with van der Waals surface area (Å²) in [6, 6.07) is 12.5. The minimum absolute atomic E-state index is 0.279. The van der Waals surface area contributed by atoms with E-state index in [-0.39, 0.29) is 4.90 Å². The summed E-state index contributed by atoms with van der Waals surface area (Å²) in [5.74, 6) is 1.19. The normalized spacial score (nSPS) is 11.9. The molecule has 0 bridgehead atoms. The average molecular weight is 353 g/mol. The standard InChI is InChI=1S/C18H15N3O3S/c1-24-16-12-5-3-7-15(25(2,22)23)11(12)8-9-13(16)17-20-14-6-4-10-19-18(14)21-17/h3-10H,1-2H3,(H,19,20,21). The predicted molar refractivity (Wildman–Crippen MR) is 96.5 cm³/mol. The quantitative estimate of drug-likeness (QED) is 0.611. The lowest BCUT2D eigenvalue weighted by atomic mass is 10.0. The maximum absolute atomic E-state index is 12.1. The van der Waals surface area contributed by atoms with Gasteiger partial charge < -0.3 is 9.72 Å². The van der Waals surface area contributed by atoms with Crippen molar-refractivity contribution in [2.45, 2.75) is 4.90 Å². The molecule has 0 saturated carbocycles. The third-order valence-electron chi connectivity index (χ3n) is 4.09. The van der Waals surface area contributed by atoms with Gasteiger partial charge >= 0.3 is 0 Å². The first kappa shape index (κ1) is 15.6. The molecule has 126 valence electrons. The van der Waals surface area contributed by atoms with E-state index < -0.39 is 9.84 Å². The molecule has 2 heterocycles. The molecule has 2 aromatic carbocycles. The Hall–Kier alpha value is -2.93. The number of aromatic amines is 1. The summed E-state index contributed by atoms with van der Waals surface area (Å²) in [4.78, 5) is 12.2. The smallest absolute Gasteiger partial charge is 0.178 e. The van der Waals surface area contributed by atoms with E-state index in [2.05, 4.69) is 15.0 Å². The van der Waals surface area contributed by atoms with Crippen molar-refractivity contribution in [3.63, 3.8) is 0 Å². The van der Waals surface area contributed by atoms with Crippen LogP contribution < -0.4 is 4.74 Å². The second kappa shape index (κ2) is 5.56. The summed E-state index contributed by atoms with van der Waals surface area (Å²) in [5.41, 5.74) is 2.19. The SMILES string of the molecule is COc1c(-c2nc3ncccc3[nH]2)ccc2c(S(C)(=O)=O)cccc12. The molecule has 7 heteroatoms. The van der Waals surface area contributed by atoms with Gasteiger partial charge in [0.05, 0.1) is 23.1 Å². The fourth-order valence-corrected chi connectivity index (χ4v) is 3.91. The number of benzene rings is 2. The maximum Gasteiger partial charge on any atom is 0.178 e. The van der Waals surface area contributed by atoms with Gasteiger partial charge in [-0.05, 0) is 24.3 Å². The molecular formula is C18H15N3O3S. The van der Waals surface area contributed by atoms with Crippen molar-refractivity contribution in [1.29, 1.82) is 0 Å². The first-order chi connectivity index (χ1) is 12.0. The van der Waals surface area contributed by atoms with Gasteiger partial charge in [0.1, 0.15) is 11.6 Å². The van der Waals surface area contributed by atoms with Crippen LogP contribution >= 0.6 is 0 Å². The number of methoxy groups -OCH3 is 1. The van der Waals surface area contributed by atoms with Gasteiger partial charge in [0.25, 0.3) is 0 Å². The molecule has 4 rings (SSSR count). The molecule has 0 atom stereocenters. The number of sulfone groups is 1. The zero-order valence-electron chi connectivity index (χ0n) is 13.6. The number of rotatable bonds is 3. The van der Waals surface area contributed by atoms with Gasteiger partial charge in [0, 0.05) is 23.2 Å². The van der Waals surface area contributed by atoms with Crippen LogP contribution in [0.2, 0.25) is 0 Å². The van der Waals surface area contributed by atoms with Gasteiger partial charge in [-0.15, -0.1) is 0 Å². The summed E-state index contributed by atoms with van der Waals surface area (Å²) in [6.07, 6.45) is 2.88. The van der Waals surface area contributed by atoms with E-state index in [4.69, 9.17) is 4.74 Å². The highest BCUT2D eigenvalue weighted by Gasteiger charge is 2.18. The van der Waals surface area contributed by atoms with Crippen molar-refractivity contribution in [2.75, 3.05) is 13.4 Å². The van der Waals surface area contributed by atoms with Gasteiger partial charge in [0.15, 0.2) is 15.5 Å². The number of pyridine rings is 1. The number of aromatic nitrogens is 3. The summed E-state index contributed by atoms with van der Waals surface area (Å²) < 4.78 is 29.7. The molecule has 0 unspecified atom stereocenters. The van der Waals surface area contributed by atoms with E-state index >= 15 is 0 Å². The molecule has 0 aliphatic rings. The zero-order chi connectivity index (χ0) is 17.6. The van der Waals surface area contributed by atoms with E-state index in [9.17, 15) is 8.42 Å². The molecule has 0 aliphatic carbocycles. The third kappa shape index (κ3) is 2.53. The predicted octanol–water partition coefficient (Wildman–Crippen LogP) is 3.19. The van der Waals surface area contributed by atoms with Crippen LogP contribution in [0, 0.1) is 0 Å². The van der Waals surface area contributed by atoms with Crippen molar-refractivity contribution in [3.8, 4) is 17.1 Å². The second-order valence-electron chi connectivity index (χ2n) is 5.73. The van der Waals surface area contributed by atoms with Gasteiger partial charge in [-0.1, -0.05) is 18.2 Å². The molecule has 2 aromatic heterocycles. The zero-order valence-corrected chi connectivity index (χ0v) is 14.5. The number of nitrogens with one attached hydrogen (secondary N) is 1. The van der Waals surface area contributed by atoms with Crippen LogP contribution in [-0.4, -0.2) is 36.7 Å². The summed E-state index contributed by atoms with van der Waals surface area (Å²) >= 11 is 0. The van der Waals surface area contributed by atoms with Crippen molar-refractivity contribution in [2.24, 2.45) is 0 Å². The van der Waals surface area contributed by atoms with Crippen LogP contribution in [0.3, 0.4) is 0 Å². The molecule has 4 aromatic rings. The van der Waals surface area contributed by atoms with Crippen LogP contribution in [-0.2, 0) is 9.84 Å². The minimum Gasteiger partial charge on any atom is -0.495 e. The average Bonchev–Trinajstić information content (AvgIpc) is 3.03. The Labute approximate surface area is 144 Å². The van der Waals surface area contributed by atoms with Crippen LogP contribution in [0.4, 0.5) is 0 Å². The molecule has 0 radical (unpaired) electrons. The molecule has 0 spiro atoms. The monoisotopic (exact) mass is 353 g/mol. The molecule has 0 saturated heterocycles. The van der Waals surface area contributed by atoms with Gasteiger partial charge in [-0.3, -0.25) is 0 Å². The number of imidazole rings is 1. The lowest BCUT2D eigenvalue weighted by molar-refractivity contribution is 0.421. The lowest BCUT2D eigenvalue weighted by Crippen LogP contribution is -1.99. The number of ether oxygens (including phenoxy) is 1. The molecule has 1 N–H and O–H groups in total. The highest BCUT2D eigenvalue weighted by Crippen LogP contribution is 2.38. The van der Waals surface area contributed by atoms with Crippen LogP contribution in [0.1, 0.15) is 0 Å². The Morgan fingerprint density at radius 2 is 1.88 bits per heavy atom. The van der Waals surface area contributed by atoms with E-state index in [0.717, 1.165) is 16.5 Å². The van der Waals surface area contributed by atoms with Gasteiger partial charge in [-0.2, -0.15) is 0 Å². The Bertz CT molecular complexity index is 1180. The third-order valence-corrected chi connectivity index (χ3v) is 5.24. The fourth-order valence-electron chi connectivity index (χ4n) is 3.00. The number of fused-ring (bicyclic) bond motifs is 2. The van der Waals surface area contributed by atoms with Crippen LogP contribution in [0.15, 0.2) is 53.6 Å². The lowest BCUT2D eigenvalue weighted by Gasteiger charge is -2.12. The maximum atomic E-state index is 12.1. The number of nitrogens with zero attached hydrogens (tertiary/aromatic N) is 2. The Morgan fingerprint density at radius 3 is 2.60 bits per heavy atom. The van der Waals surface area contributed by atoms with E-state index in [1.807, 2.05) is 24.3 Å². The topological polar surface area (TPSA) is 84.9 Å². The first-order valence-electron chi connectivity index (χ1n) is 7.60. The molecule has 0 aliphatic heterocycles. The fraction of sp³-hybridized carbons (Fsp3) is 0.111. The number of hydrogen-bond acceptors (Lipinski definition) is 5. The largest absolute Gasteiger partial charge is 0.495 e. The Kier molecular flexibility index (Phi) is 3.47. The van der Waals surface area contributed by atoms with Crippen molar-refractivity contribution in [3.05, 3.63) is 48.7 Å². The van der Waals surface area contributed by atoms with Crippen molar-refractivity contribution in [1.82, 2.24) is 15.0 Å². The Balaban J connectivity index is 2.03. The van der Waals surface area contributed by atoms with E-state index in [0.29, 0.717) is 22.6 Å². The van der Waals surface area contributed by atoms with Crippen LogP contribution in [0.5, 0.6) is 5.75 Å². The van der Waals surface area contributed by atoms with Crippen molar-refractivity contribution >= 4 is 31.8 Å². The van der Waals surface area contributed by atoms with E-state index in [1.165, 1.54) is 6.26 Å². The first-order valence-corrected chi connectivity index (χ1v) is 9.49. The van der Waals surface area contributed by atoms with Gasteiger partial charge in [-0.25, -0.2) is 18.4 Å². The molecular weight excluding hydrogens is 338 g/mol. The number of H-pyrrole nitrogens is 1. The highest BCUT2D eigenvalue weighted by molar-refractivity contribution is 7.91.